The maximum Gasteiger partial charge on any atom is 0.573 e. The van der Waals surface area contributed by atoms with Crippen molar-refractivity contribution in [3.63, 3.8) is 0 Å². The first-order valence-electron chi connectivity index (χ1n) is 4.80. The summed E-state index contributed by atoms with van der Waals surface area (Å²) >= 11 is 0. The van der Waals surface area contributed by atoms with E-state index in [0.717, 1.165) is 31.4 Å². The van der Waals surface area contributed by atoms with Crippen LogP contribution in [0.15, 0.2) is 30.5 Å². The van der Waals surface area contributed by atoms with E-state index in [4.69, 9.17) is 0 Å². The third kappa shape index (κ3) is 4.72. The van der Waals surface area contributed by atoms with Crippen molar-refractivity contribution in [2.75, 3.05) is 7.11 Å². The smallest absolute Gasteiger partial charge is 0.504 e. The summed E-state index contributed by atoms with van der Waals surface area (Å²) in [5.74, 6) is -0.602. The Balaban J connectivity index is 3.00. The molecule has 0 aliphatic rings. The molecule has 0 aliphatic heterocycles. The molecule has 0 saturated carbocycles. The minimum absolute atomic E-state index is 0.330. The number of hydrogen-bond donors (Lipinski definition) is 0. The lowest BCUT2D eigenvalue weighted by Gasteiger charge is -2.13. The zero-order valence-electron chi connectivity index (χ0n) is 9.47. The highest BCUT2D eigenvalue weighted by Gasteiger charge is 2.35. The van der Waals surface area contributed by atoms with Crippen molar-refractivity contribution in [1.29, 1.82) is 0 Å². The first-order chi connectivity index (χ1) is 8.63. The molecule has 0 radical (unpaired) electrons. The van der Waals surface area contributed by atoms with Gasteiger partial charge in [-0.15, -0.1) is 13.2 Å². The van der Waals surface area contributed by atoms with E-state index in [9.17, 15) is 26.3 Å². The molecule has 0 amide bonds. The van der Waals surface area contributed by atoms with Gasteiger partial charge in [0, 0.05) is 0 Å². The highest BCUT2D eigenvalue weighted by molar-refractivity contribution is 5.69. The summed E-state index contributed by atoms with van der Waals surface area (Å²) in [7, 11) is 1.03. The van der Waals surface area contributed by atoms with Crippen LogP contribution in [0.3, 0.4) is 0 Å². The number of hydrogen-bond acceptors (Lipinski definition) is 2. The van der Waals surface area contributed by atoms with Crippen molar-refractivity contribution < 1.29 is 35.8 Å². The maximum atomic E-state index is 12.6. The molecule has 0 heterocycles. The molecule has 1 rings (SSSR count). The molecule has 0 bridgehead atoms. The normalized spacial score (nSPS) is 13.3. The van der Waals surface area contributed by atoms with Crippen molar-refractivity contribution in [3.05, 3.63) is 36.1 Å². The van der Waals surface area contributed by atoms with E-state index in [0.29, 0.717) is 6.26 Å². The van der Waals surface area contributed by atoms with Crippen LogP contribution in [0.25, 0.3) is 5.57 Å². The van der Waals surface area contributed by atoms with E-state index in [1.165, 1.54) is 0 Å². The van der Waals surface area contributed by atoms with Crippen molar-refractivity contribution in [2.45, 2.75) is 12.5 Å². The van der Waals surface area contributed by atoms with Gasteiger partial charge in [-0.2, -0.15) is 13.2 Å². The molecule has 0 unspecified atom stereocenters. The topological polar surface area (TPSA) is 18.5 Å². The van der Waals surface area contributed by atoms with Gasteiger partial charge in [-0.05, 0) is 17.7 Å². The molecular weight excluding hydrogens is 278 g/mol. The monoisotopic (exact) mass is 286 g/mol. The lowest BCUT2D eigenvalue weighted by atomic mass is 10.1. The van der Waals surface area contributed by atoms with Crippen LogP contribution >= 0.6 is 0 Å². The fraction of sp³-hybridized carbons (Fsp3) is 0.273. The Morgan fingerprint density at radius 1 is 1.00 bits per heavy atom. The predicted octanol–water partition coefficient (Wildman–Crippen LogP) is 4.13. The van der Waals surface area contributed by atoms with Gasteiger partial charge in [0.15, 0.2) is 0 Å². The molecule has 0 fully saturated rings. The highest BCUT2D eigenvalue weighted by atomic mass is 19.4. The first-order valence-corrected chi connectivity index (χ1v) is 4.80. The number of ether oxygens (including phenoxy) is 2. The number of halogens is 6. The van der Waals surface area contributed by atoms with Crippen molar-refractivity contribution >= 4 is 5.57 Å². The predicted molar refractivity (Wildman–Crippen MR) is 54.2 cm³/mol. The van der Waals surface area contributed by atoms with Crippen molar-refractivity contribution in [1.82, 2.24) is 0 Å². The van der Waals surface area contributed by atoms with E-state index < -0.39 is 23.9 Å². The average Bonchev–Trinajstić information content (AvgIpc) is 2.23. The van der Waals surface area contributed by atoms with Gasteiger partial charge in [-0.3, -0.25) is 0 Å². The fourth-order valence-electron chi connectivity index (χ4n) is 1.25. The summed E-state index contributed by atoms with van der Waals surface area (Å²) in [5.41, 5.74) is -1.43. The molecule has 0 aliphatic carbocycles. The summed E-state index contributed by atoms with van der Waals surface area (Å²) < 4.78 is 81.3. The van der Waals surface area contributed by atoms with Gasteiger partial charge in [0.1, 0.15) is 5.75 Å². The molecule has 2 nitrogen and oxygen atoms in total. The molecular formula is C11H8F6O2. The van der Waals surface area contributed by atoms with Crippen LogP contribution in [0.4, 0.5) is 26.3 Å². The van der Waals surface area contributed by atoms with Crippen LogP contribution in [0, 0.1) is 0 Å². The Labute approximate surface area is 104 Å². The Bertz CT molecular complexity index is 444. The van der Waals surface area contributed by atoms with Gasteiger partial charge in [0.25, 0.3) is 0 Å². The Morgan fingerprint density at radius 2 is 1.53 bits per heavy atom. The molecule has 8 heteroatoms. The van der Waals surface area contributed by atoms with E-state index in [-0.39, 0.29) is 5.56 Å². The van der Waals surface area contributed by atoms with Gasteiger partial charge in [-0.25, -0.2) is 0 Å². The van der Waals surface area contributed by atoms with Crippen LogP contribution in [-0.2, 0) is 4.74 Å². The lowest BCUT2D eigenvalue weighted by molar-refractivity contribution is -0.274. The van der Waals surface area contributed by atoms with Crippen molar-refractivity contribution in [2.24, 2.45) is 0 Å². The van der Waals surface area contributed by atoms with Gasteiger partial charge < -0.3 is 9.47 Å². The second-order valence-electron chi connectivity index (χ2n) is 3.34. The van der Waals surface area contributed by atoms with E-state index in [1.54, 1.807) is 0 Å². The molecule has 1 aromatic carbocycles. The number of alkyl halides is 6. The Kier molecular flexibility index (Phi) is 4.33. The standard InChI is InChI=1S/C11H8F6O2/c1-18-6-9(10(12,13)14)7-2-4-8(5-3-7)19-11(15,16)17/h2-6H,1H3/b9-6-. The van der Waals surface area contributed by atoms with Gasteiger partial charge in [0.2, 0.25) is 0 Å². The largest absolute Gasteiger partial charge is 0.573 e. The first kappa shape index (κ1) is 15.2. The molecule has 19 heavy (non-hydrogen) atoms. The number of benzene rings is 1. The number of rotatable bonds is 3. The molecule has 1 aromatic rings. The summed E-state index contributed by atoms with van der Waals surface area (Å²) in [6, 6.07) is 3.30. The molecule has 0 N–H and O–H groups in total. The summed E-state index contributed by atoms with van der Waals surface area (Å²) in [6.07, 6.45) is -9.10. The molecule has 106 valence electrons. The summed E-state index contributed by atoms with van der Waals surface area (Å²) in [5, 5.41) is 0. The molecule has 0 aromatic heterocycles. The average molecular weight is 286 g/mol. The van der Waals surface area contributed by atoms with E-state index >= 15 is 0 Å². The second kappa shape index (κ2) is 5.41. The van der Waals surface area contributed by atoms with Gasteiger partial charge in [-0.1, -0.05) is 12.1 Å². The zero-order valence-corrected chi connectivity index (χ0v) is 9.47. The molecule has 0 spiro atoms. The van der Waals surface area contributed by atoms with Crippen LogP contribution < -0.4 is 4.74 Å². The zero-order chi connectivity index (χ0) is 14.7. The van der Waals surface area contributed by atoms with Crippen LogP contribution in [0.5, 0.6) is 5.75 Å². The quantitative estimate of drug-likeness (QED) is 0.614. The molecule has 0 atom stereocenters. The minimum Gasteiger partial charge on any atom is -0.504 e. The third-order valence-electron chi connectivity index (χ3n) is 1.94. The van der Waals surface area contributed by atoms with Gasteiger partial charge in [0.05, 0.1) is 18.9 Å². The Morgan fingerprint density at radius 3 is 1.89 bits per heavy atom. The van der Waals surface area contributed by atoms with E-state index in [2.05, 4.69) is 9.47 Å². The van der Waals surface area contributed by atoms with Crippen molar-refractivity contribution in [3.8, 4) is 5.75 Å². The summed E-state index contributed by atoms with van der Waals surface area (Å²) in [4.78, 5) is 0. The van der Waals surface area contributed by atoms with Crippen LogP contribution in [-0.4, -0.2) is 19.6 Å². The van der Waals surface area contributed by atoms with E-state index in [1.807, 2.05) is 0 Å². The number of allylic oxidation sites excluding steroid dienone is 1. The Hall–Kier alpha value is -1.86. The second-order valence-corrected chi connectivity index (χ2v) is 3.34. The fourth-order valence-corrected chi connectivity index (χ4v) is 1.25. The molecule has 0 saturated heterocycles. The maximum absolute atomic E-state index is 12.6. The number of methoxy groups -OCH3 is 1. The minimum atomic E-state index is -4.89. The SMILES string of the molecule is CO/C=C(/c1ccc(OC(F)(F)F)cc1)C(F)(F)F. The third-order valence-corrected chi connectivity index (χ3v) is 1.94. The van der Waals surface area contributed by atoms with Crippen LogP contribution in [0.1, 0.15) is 5.56 Å². The van der Waals surface area contributed by atoms with Gasteiger partial charge >= 0.3 is 12.5 Å². The summed E-state index contributed by atoms with van der Waals surface area (Å²) in [6.45, 7) is 0. The van der Waals surface area contributed by atoms with Crippen LogP contribution in [0.2, 0.25) is 0 Å². The highest BCUT2D eigenvalue weighted by Crippen LogP contribution is 2.34. The lowest BCUT2D eigenvalue weighted by Crippen LogP contribution is -2.17.